The molecule has 0 radical (unpaired) electrons. The number of rotatable bonds is 7. The number of methoxy groups -OCH3 is 1. The van der Waals surface area contributed by atoms with Gasteiger partial charge in [-0.05, 0) is 51.3 Å². The van der Waals surface area contributed by atoms with E-state index in [2.05, 4.69) is 15.7 Å². The highest BCUT2D eigenvalue weighted by molar-refractivity contribution is 5.93. The van der Waals surface area contributed by atoms with E-state index in [1.54, 1.807) is 48.5 Å². The average Bonchev–Trinajstić information content (AvgIpc) is 3.53. The summed E-state index contributed by atoms with van der Waals surface area (Å²) in [6, 6.07) is 7.41. The molecule has 2 aromatic heterocycles. The van der Waals surface area contributed by atoms with Crippen LogP contribution in [0.2, 0.25) is 0 Å². The number of amides is 3. The fourth-order valence-electron chi connectivity index (χ4n) is 5.04. The number of carboxylic acids is 1. The molecule has 4 rings (SSSR count). The Bertz CT molecular complexity index is 1480. The normalized spacial score (nSPS) is 19.8. The van der Waals surface area contributed by atoms with Gasteiger partial charge in [0.2, 0.25) is 5.91 Å². The number of benzene rings is 1. The van der Waals surface area contributed by atoms with Gasteiger partial charge in [0.25, 0.3) is 0 Å². The predicted molar refractivity (Wildman–Crippen MR) is 157 cm³/mol. The van der Waals surface area contributed by atoms with Crippen LogP contribution in [0.15, 0.2) is 42.7 Å². The van der Waals surface area contributed by atoms with Gasteiger partial charge in [0.1, 0.15) is 29.2 Å². The summed E-state index contributed by atoms with van der Waals surface area (Å²) < 4.78 is 13.4. The van der Waals surface area contributed by atoms with E-state index in [0.717, 1.165) is 0 Å². The van der Waals surface area contributed by atoms with Crippen molar-refractivity contribution in [2.45, 2.75) is 78.1 Å². The highest BCUT2D eigenvalue weighted by Crippen LogP contribution is 2.37. The molecule has 0 bridgehead atoms. The van der Waals surface area contributed by atoms with Gasteiger partial charge in [-0.3, -0.25) is 4.79 Å². The maximum atomic E-state index is 14.0. The van der Waals surface area contributed by atoms with Crippen molar-refractivity contribution in [3.8, 4) is 17.3 Å². The first-order valence-electron chi connectivity index (χ1n) is 13.8. The zero-order valence-electron chi connectivity index (χ0n) is 25.4. The molecule has 1 aliphatic rings. The lowest BCUT2D eigenvalue weighted by molar-refractivity contribution is -0.157. The number of urea groups is 1. The fourth-order valence-corrected chi connectivity index (χ4v) is 5.04. The fraction of sp³-hybridized carbons (Fsp3) is 0.500. The van der Waals surface area contributed by atoms with Crippen LogP contribution < -0.4 is 20.1 Å². The minimum atomic E-state index is -1.57. The van der Waals surface area contributed by atoms with Crippen molar-refractivity contribution < 1.29 is 29.0 Å². The Morgan fingerprint density at radius 2 is 1.86 bits per heavy atom. The number of carbonyl (C=O) groups is 3. The van der Waals surface area contributed by atoms with Crippen molar-refractivity contribution in [1.82, 2.24) is 30.3 Å². The van der Waals surface area contributed by atoms with Crippen LogP contribution in [0.25, 0.3) is 16.7 Å². The summed E-state index contributed by atoms with van der Waals surface area (Å²) in [6.07, 6.45) is 2.77. The summed E-state index contributed by atoms with van der Waals surface area (Å²) >= 11 is 0. The Labute approximate surface area is 245 Å². The number of aromatic nitrogens is 3. The maximum absolute atomic E-state index is 14.0. The van der Waals surface area contributed by atoms with E-state index in [9.17, 15) is 19.5 Å². The molecule has 3 aromatic rings. The van der Waals surface area contributed by atoms with Crippen LogP contribution in [0.1, 0.15) is 54.9 Å². The molecule has 1 fully saturated rings. The number of nitrogens with zero attached hydrogens (tertiary/aromatic N) is 4. The van der Waals surface area contributed by atoms with Crippen LogP contribution >= 0.6 is 0 Å². The first-order valence-corrected chi connectivity index (χ1v) is 13.8. The van der Waals surface area contributed by atoms with Gasteiger partial charge < -0.3 is 30.1 Å². The monoisotopic (exact) mass is 580 g/mol. The molecule has 1 aliphatic heterocycles. The molecule has 0 unspecified atom stereocenters. The second-order valence-electron chi connectivity index (χ2n) is 12.9. The van der Waals surface area contributed by atoms with E-state index in [4.69, 9.17) is 14.5 Å². The van der Waals surface area contributed by atoms with Gasteiger partial charge in [-0.2, -0.15) is 5.10 Å². The number of aliphatic carboxylic acids is 1. The Morgan fingerprint density at radius 1 is 1.14 bits per heavy atom. The number of fused-ring (bicyclic) bond motifs is 1. The molecule has 1 saturated heterocycles. The minimum Gasteiger partial charge on any atom is -0.497 e. The van der Waals surface area contributed by atoms with Gasteiger partial charge in [-0.15, -0.1) is 0 Å². The second kappa shape index (κ2) is 11.1. The summed E-state index contributed by atoms with van der Waals surface area (Å²) in [4.78, 5) is 45.5. The van der Waals surface area contributed by atoms with Gasteiger partial charge in [-0.25, -0.2) is 19.3 Å². The first kappa shape index (κ1) is 30.6. The van der Waals surface area contributed by atoms with Gasteiger partial charge in [0, 0.05) is 41.9 Å². The van der Waals surface area contributed by atoms with Crippen molar-refractivity contribution >= 4 is 28.8 Å². The third kappa shape index (κ3) is 6.42. The predicted octanol–water partition coefficient (Wildman–Crippen LogP) is 3.76. The summed E-state index contributed by atoms with van der Waals surface area (Å²) in [5.74, 6) is -0.0647. The Morgan fingerprint density at radius 3 is 2.43 bits per heavy atom. The van der Waals surface area contributed by atoms with Crippen LogP contribution in [0, 0.1) is 5.41 Å². The highest BCUT2D eigenvalue weighted by Gasteiger charge is 2.53. The zero-order valence-corrected chi connectivity index (χ0v) is 25.4. The standard InChI is InChI=1S/C30H40N6O6/c1-28(2,3)24(33-27(40)34-29(4,5)6)25(37)35-17-19(16-30(35,7)26(38)39)42-22-15-23(36-13-9-12-31-36)32-21-14-18(41-8)10-11-20(21)22/h9-15,19,24H,16-17H2,1-8H3,(H,38,39)(H2,33,34,40)/t19-,24-,30+/m1/s1. The van der Waals surface area contributed by atoms with Gasteiger partial charge in [0.15, 0.2) is 5.82 Å². The Kier molecular flexibility index (Phi) is 8.12. The maximum Gasteiger partial charge on any atom is 0.329 e. The largest absolute Gasteiger partial charge is 0.497 e. The third-order valence-electron chi connectivity index (χ3n) is 7.21. The molecule has 0 aliphatic carbocycles. The van der Waals surface area contributed by atoms with Gasteiger partial charge >= 0.3 is 12.0 Å². The lowest BCUT2D eigenvalue weighted by Crippen LogP contribution is -2.62. The van der Waals surface area contributed by atoms with Gasteiger partial charge in [0.05, 0.1) is 19.2 Å². The number of ether oxygens (including phenoxy) is 2. The molecule has 12 nitrogen and oxygen atoms in total. The van der Waals surface area contributed by atoms with E-state index < -0.39 is 46.5 Å². The quantitative estimate of drug-likeness (QED) is 0.383. The Hall–Kier alpha value is -4.35. The van der Waals surface area contributed by atoms with Gasteiger partial charge in [-0.1, -0.05) is 20.8 Å². The molecular formula is C30H40N6O6. The molecule has 226 valence electrons. The highest BCUT2D eigenvalue weighted by atomic mass is 16.5. The molecular weight excluding hydrogens is 540 g/mol. The molecule has 0 saturated carbocycles. The van der Waals surface area contributed by atoms with E-state index in [0.29, 0.717) is 28.2 Å². The second-order valence-corrected chi connectivity index (χ2v) is 12.9. The third-order valence-corrected chi connectivity index (χ3v) is 7.21. The number of nitrogens with one attached hydrogen (secondary N) is 2. The van der Waals surface area contributed by atoms with Crippen LogP contribution in [0.3, 0.4) is 0 Å². The lowest BCUT2D eigenvalue weighted by Gasteiger charge is -2.38. The molecule has 3 atom stereocenters. The molecule has 12 heteroatoms. The summed E-state index contributed by atoms with van der Waals surface area (Å²) in [5.41, 5.74) is -2.19. The number of hydrogen-bond acceptors (Lipinski definition) is 7. The van der Waals surface area contributed by atoms with Crippen molar-refractivity contribution in [2.75, 3.05) is 13.7 Å². The van der Waals surface area contributed by atoms with Crippen LogP contribution in [-0.2, 0) is 9.59 Å². The van der Waals surface area contributed by atoms with Crippen molar-refractivity contribution in [3.63, 3.8) is 0 Å². The van der Waals surface area contributed by atoms with E-state index in [-0.39, 0.29) is 13.0 Å². The molecule has 3 heterocycles. The molecule has 3 amide bonds. The van der Waals surface area contributed by atoms with Crippen molar-refractivity contribution in [3.05, 3.63) is 42.7 Å². The lowest BCUT2D eigenvalue weighted by atomic mass is 9.85. The number of hydrogen-bond donors (Lipinski definition) is 3. The van der Waals surface area contributed by atoms with E-state index in [1.165, 1.54) is 11.8 Å². The Balaban J connectivity index is 1.68. The first-order chi connectivity index (χ1) is 19.5. The summed E-state index contributed by atoms with van der Waals surface area (Å²) in [5, 5.41) is 20.9. The average molecular weight is 581 g/mol. The van der Waals surface area contributed by atoms with E-state index >= 15 is 0 Å². The van der Waals surface area contributed by atoms with Crippen LogP contribution in [0.5, 0.6) is 11.5 Å². The number of likely N-dealkylation sites (tertiary alicyclic amines) is 1. The van der Waals surface area contributed by atoms with Crippen LogP contribution in [-0.4, -0.2) is 79.6 Å². The SMILES string of the molecule is COc1ccc2c(O[C@H]3CN(C(=O)[C@@H](NC(=O)NC(C)(C)C)C(C)(C)C)[C@](C)(C(=O)O)C3)cc(-n3cccn3)nc2c1. The van der Waals surface area contributed by atoms with E-state index in [1.807, 2.05) is 47.6 Å². The number of carbonyl (C=O) groups excluding carboxylic acids is 2. The molecule has 0 spiro atoms. The molecule has 3 N–H and O–H groups in total. The number of carboxylic acid groups (broad SMARTS) is 1. The van der Waals surface area contributed by atoms with Crippen molar-refractivity contribution in [1.29, 1.82) is 0 Å². The topological polar surface area (TPSA) is 148 Å². The summed E-state index contributed by atoms with van der Waals surface area (Å²) in [6.45, 7) is 12.5. The summed E-state index contributed by atoms with van der Waals surface area (Å²) in [7, 11) is 1.57. The van der Waals surface area contributed by atoms with Crippen molar-refractivity contribution in [2.24, 2.45) is 5.41 Å². The minimum absolute atomic E-state index is 0.00779. The molecule has 1 aromatic carbocycles. The number of pyridine rings is 1. The van der Waals surface area contributed by atoms with Crippen LogP contribution in [0.4, 0.5) is 4.79 Å². The zero-order chi connectivity index (χ0) is 31.0. The molecule has 42 heavy (non-hydrogen) atoms. The smallest absolute Gasteiger partial charge is 0.329 e.